The number of rotatable bonds is 8. The summed E-state index contributed by atoms with van der Waals surface area (Å²) in [5.41, 5.74) is 2.19. The average Bonchev–Trinajstić information content (AvgIpc) is 3.33. The first-order chi connectivity index (χ1) is 17.2. The van der Waals surface area contributed by atoms with E-state index in [-0.39, 0.29) is 29.6 Å². The van der Waals surface area contributed by atoms with Gasteiger partial charge in [0.1, 0.15) is 0 Å². The largest absolute Gasteiger partial charge is 0.481 e. The predicted molar refractivity (Wildman–Crippen MR) is 138 cm³/mol. The molecule has 0 aliphatic rings. The SMILES string of the molecule is COc1cc(-n2ncc3c(NC(=O)c4cc(CNC(=O)C(C)(C)CO)ccc4Cl)cccc32)ccn1. The monoisotopic (exact) mass is 507 g/mol. The zero-order valence-corrected chi connectivity index (χ0v) is 20.8. The molecule has 0 saturated carbocycles. The Hall–Kier alpha value is -3.95. The van der Waals surface area contributed by atoms with Crippen LogP contribution in [0.5, 0.6) is 5.88 Å². The van der Waals surface area contributed by atoms with Crippen LogP contribution in [0.2, 0.25) is 5.02 Å². The van der Waals surface area contributed by atoms with E-state index in [9.17, 15) is 14.7 Å². The molecule has 0 aliphatic carbocycles. The van der Waals surface area contributed by atoms with Gasteiger partial charge in [0.25, 0.3) is 5.91 Å². The van der Waals surface area contributed by atoms with Crippen LogP contribution >= 0.6 is 11.6 Å². The van der Waals surface area contributed by atoms with Gasteiger partial charge in [-0.2, -0.15) is 5.10 Å². The Kier molecular flexibility index (Phi) is 7.23. The Labute approximate surface area is 213 Å². The third-order valence-electron chi connectivity index (χ3n) is 5.77. The summed E-state index contributed by atoms with van der Waals surface area (Å²) < 4.78 is 6.94. The summed E-state index contributed by atoms with van der Waals surface area (Å²) in [6.45, 7) is 3.22. The molecule has 10 heteroatoms. The number of carbonyl (C=O) groups excluding carboxylic acids is 2. The van der Waals surface area contributed by atoms with Crippen LogP contribution in [-0.4, -0.2) is 45.4 Å². The number of aromatic nitrogens is 3. The van der Waals surface area contributed by atoms with Crippen molar-refractivity contribution in [2.24, 2.45) is 5.41 Å². The van der Waals surface area contributed by atoms with Gasteiger partial charge in [0.05, 0.1) is 52.8 Å². The van der Waals surface area contributed by atoms with Crippen molar-refractivity contribution in [3.8, 4) is 11.6 Å². The number of aliphatic hydroxyl groups is 1. The number of hydrogen-bond acceptors (Lipinski definition) is 6. The van der Waals surface area contributed by atoms with Gasteiger partial charge in [-0.15, -0.1) is 0 Å². The number of anilines is 1. The lowest BCUT2D eigenvalue weighted by Crippen LogP contribution is -2.38. The Morgan fingerprint density at radius 1 is 1.17 bits per heavy atom. The highest BCUT2D eigenvalue weighted by molar-refractivity contribution is 6.34. The van der Waals surface area contributed by atoms with Gasteiger partial charge in [0.15, 0.2) is 0 Å². The van der Waals surface area contributed by atoms with Crippen LogP contribution in [0, 0.1) is 5.41 Å². The number of carbonyl (C=O) groups is 2. The highest BCUT2D eigenvalue weighted by atomic mass is 35.5. The first-order valence-electron chi connectivity index (χ1n) is 11.2. The summed E-state index contributed by atoms with van der Waals surface area (Å²) in [6.07, 6.45) is 3.31. The van der Waals surface area contributed by atoms with Gasteiger partial charge in [-0.05, 0) is 49.7 Å². The topological polar surface area (TPSA) is 118 Å². The van der Waals surface area contributed by atoms with E-state index in [0.717, 1.165) is 16.6 Å². The van der Waals surface area contributed by atoms with Gasteiger partial charge in [-0.25, -0.2) is 9.67 Å². The Bertz CT molecular complexity index is 1430. The summed E-state index contributed by atoms with van der Waals surface area (Å²) in [5.74, 6) is -0.220. The second-order valence-corrected chi connectivity index (χ2v) is 9.25. The molecule has 0 radical (unpaired) electrons. The molecule has 186 valence electrons. The van der Waals surface area contributed by atoms with Crippen LogP contribution in [0.25, 0.3) is 16.6 Å². The van der Waals surface area contributed by atoms with E-state index < -0.39 is 11.3 Å². The minimum absolute atomic E-state index is 0.192. The number of hydrogen-bond donors (Lipinski definition) is 3. The lowest BCUT2D eigenvalue weighted by Gasteiger charge is -2.20. The Balaban J connectivity index is 1.57. The molecule has 0 spiro atoms. The number of pyridine rings is 1. The summed E-state index contributed by atoms with van der Waals surface area (Å²) >= 11 is 6.33. The van der Waals surface area contributed by atoms with Crippen molar-refractivity contribution in [1.29, 1.82) is 0 Å². The van der Waals surface area contributed by atoms with Crippen LogP contribution < -0.4 is 15.4 Å². The number of nitrogens with one attached hydrogen (secondary N) is 2. The first kappa shape index (κ1) is 25.2. The molecule has 0 atom stereocenters. The minimum Gasteiger partial charge on any atom is -0.481 e. The molecule has 4 rings (SSSR count). The fraction of sp³-hybridized carbons (Fsp3) is 0.231. The summed E-state index contributed by atoms with van der Waals surface area (Å²) in [4.78, 5) is 29.6. The van der Waals surface area contributed by atoms with E-state index >= 15 is 0 Å². The molecule has 0 bridgehead atoms. The molecule has 36 heavy (non-hydrogen) atoms. The number of methoxy groups -OCH3 is 1. The van der Waals surface area contributed by atoms with E-state index in [1.165, 1.54) is 0 Å². The second-order valence-electron chi connectivity index (χ2n) is 8.84. The van der Waals surface area contributed by atoms with Crippen LogP contribution in [0.15, 0.2) is 60.9 Å². The molecule has 0 aliphatic heterocycles. The summed E-state index contributed by atoms with van der Waals surface area (Å²) in [5, 5.41) is 20.6. The third-order valence-corrected chi connectivity index (χ3v) is 6.10. The van der Waals surface area contributed by atoms with E-state index in [0.29, 0.717) is 17.1 Å². The molecule has 2 aromatic heterocycles. The lowest BCUT2D eigenvalue weighted by molar-refractivity contribution is -0.131. The lowest BCUT2D eigenvalue weighted by atomic mass is 9.93. The normalized spacial score (nSPS) is 11.4. The van der Waals surface area contributed by atoms with Crippen LogP contribution in [0.4, 0.5) is 5.69 Å². The summed E-state index contributed by atoms with van der Waals surface area (Å²) in [6, 6.07) is 14.1. The zero-order chi connectivity index (χ0) is 25.9. The number of benzene rings is 2. The van der Waals surface area contributed by atoms with Crippen molar-refractivity contribution >= 4 is 40.0 Å². The van der Waals surface area contributed by atoms with E-state index in [1.54, 1.807) is 68.4 Å². The fourth-order valence-electron chi connectivity index (χ4n) is 3.55. The molecule has 0 saturated heterocycles. The smallest absolute Gasteiger partial charge is 0.257 e. The maximum atomic E-state index is 13.2. The number of amides is 2. The molecular formula is C26H26ClN5O4. The zero-order valence-electron chi connectivity index (χ0n) is 20.1. The summed E-state index contributed by atoms with van der Waals surface area (Å²) in [7, 11) is 1.55. The minimum atomic E-state index is -0.906. The van der Waals surface area contributed by atoms with Crippen molar-refractivity contribution in [3.63, 3.8) is 0 Å². The number of nitrogens with zero attached hydrogens (tertiary/aromatic N) is 3. The molecule has 4 aromatic rings. The van der Waals surface area contributed by atoms with Gasteiger partial charge >= 0.3 is 0 Å². The van der Waals surface area contributed by atoms with Crippen LogP contribution in [0.1, 0.15) is 29.8 Å². The standard InChI is InChI=1S/C26H26ClN5O4/c1-26(2,15-33)25(35)29-13-16-7-8-20(27)18(11-16)24(34)31-21-5-4-6-22-19(21)14-30-32(22)17-9-10-28-23(12-17)36-3/h4-12,14,33H,13,15H2,1-3H3,(H,29,35)(H,31,34). The van der Waals surface area contributed by atoms with E-state index in [2.05, 4.69) is 20.7 Å². The highest BCUT2D eigenvalue weighted by Gasteiger charge is 2.26. The highest BCUT2D eigenvalue weighted by Crippen LogP contribution is 2.27. The molecule has 0 fully saturated rings. The number of fused-ring (bicyclic) bond motifs is 1. The number of aliphatic hydroxyl groups excluding tert-OH is 1. The molecule has 2 heterocycles. The number of halogens is 1. The van der Waals surface area contributed by atoms with Gasteiger partial charge < -0.3 is 20.5 Å². The molecular weight excluding hydrogens is 482 g/mol. The molecule has 3 N–H and O–H groups in total. The maximum absolute atomic E-state index is 13.2. The van der Waals surface area contributed by atoms with E-state index in [1.807, 2.05) is 18.2 Å². The predicted octanol–water partition coefficient (Wildman–Crippen LogP) is 3.97. The van der Waals surface area contributed by atoms with Crippen molar-refractivity contribution in [2.75, 3.05) is 19.0 Å². The van der Waals surface area contributed by atoms with Gasteiger partial charge in [-0.1, -0.05) is 23.7 Å². The quantitative estimate of drug-likeness (QED) is 0.332. The second kappa shape index (κ2) is 10.3. The maximum Gasteiger partial charge on any atom is 0.257 e. The Morgan fingerprint density at radius 2 is 1.97 bits per heavy atom. The van der Waals surface area contributed by atoms with Crippen LogP contribution in [0.3, 0.4) is 0 Å². The average molecular weight is 508 g/mol. The molecule has 2 aromatic carbocycles. The fourth-order valence-corrected chi connectivity index (χ4v) is 3.75. The van der Waals surface area contributed by atoms with Crippen LogP contribution in [-0.2, 0) is 11.3 Å². The van der Waals surface area contributed by atoms with E-state index in [4.69, 9.17) is 16.3 Å². The van der Waals surface area contributed by atoms with Crippen molar-refractivity contribution in [1.82, 2.24) is 20.1 Å². The van der Waals surface area contributed by atoms with Gasteiger partial charge in [0.2, 0.25) is 11.8 Å². The van der Waals surface area contributed by atoms with Crippen molar-refractivity contribution < 1.29 is 19.4 Å². The van der Waals surface area contributed by atoms with Crippen molar-refractivity contribution in [3.05, 3.63) is 77.1 Å². The molecule has 9 nitrogen and oxygen atoms in total. The molecule has 2 amide bonds. The van der Waals surface area contributed by atoms with Gasteiger partial charge in [-0.3, -0.25) is 9.59 Å². The number of ether oxygens (including phenoxy) is 1. The Morgan fingerprint density at radius 3 is 2.72 bits per heavy atom. The van der Waals surface area contributed by atoms with Crippen molar-refractivity contribution in [2.45, 2.75) is 20.4 Å². The first-order valence-corrected chi connectivity index (χ1v) is 11.6. The third kappa shape index (κ3) is 5.17. The molecule has 0 unspecified atom stereocenters. The van der Waals surface area contributed by atoms with Gasteiger partial charge in [0, 0.05) is 24.2 Å².